The lowest BCUT2D eigenvalue weighted by Crippen LogP contribution is -2.48. The molecule has 1 aliphatic rings. The number of carbonyl (C=O) groups is 1. The third kappa shape index (κ3) is 4.92. The van der Waals surface area contributed by atoms with Crippen molar-refractivity contribution in [1.82, 2.24) is 10.2 Å². The molecule has 0 aliphatic carbocycles. The van der Waals surface area contributed by atoms with Crippen molar-refractivity contribution in [3.05, 3.63) is 48.0 Å². The van der Waals surface area contributed by atoms with Crippen LogP contribution in [0.5, 0.6) is 11.5 Å². The average Bonchev–Trinajstić information content (AvgIpc) is 3.25. The molecule has 0 bridgehead atoms. The van der Waals surface area contributed by atoms with Crippen LogP contribution in [-0.4, -0.2) is 50.0 Å². The van der Waals surface area contributed by atoms with Crippen LogP contribution in [0.1, 0.15) is 12.5 Å². The highest BCUT2D eigenvalue weighted by molar-refractivity contribution is 8.01. The maximum Gasteiger partial charge on any atom is 0.269 e. The third-order valence-electron chi connectivity index (χ3n) is 4.83. The Bertz CT molecular complexity index is 1260. The number of thioether (sulfide) groups is 1. The Labute approximate surface area is 200 Å². The first kappa shape index (κ1) is 23.3. The number of fused-ring (bicyclic) bond motifs is 1. The average molecular weight is 507 g/mol. The molecular formula is C21H22N4O5S3. The summed E-state index contributed by atoms with van der Waals surface area (Å²) in [5.74, 6) is 1.19. The summed E-state index contributed by atoms with van der Waals surface area (Å²) in [5, 5.41) is 11.0. The monoisotopic (exact) mass is 506 g/mol. The second-order valence-corrected chi connectivity index (χ2v) is 11.4. The van der Waals surface area contributed by atoms with Gasteiger partial charge in [0.25, 0.3) is 15.9 Å². The molecule has 0 saturated carbocycles. The Morgan fingerprint density at radius 2 is 2.03 bits per heavy atom. The number of amides is 1. The molecule has 174 valence electrons. The van der Waals surface area contributed by atoms with E-state index in [-0.39, 0.29) is 11.4 Å². The number of anilines is 2. The van der Waals surface area contributed by atoms with E-state index >= 15 is 0 Å². The zero-order chi connectivity index (χ0) is 23.6. The quantitative estimate of drug-likeness (QED) is 0.383. The molecule has 1 N–H and O–H groups in total. The Morgan fingerprint density at radius 1 is 1.27 bits per heavy atom. The van der Waals surface area contributed by atoms with E-state index in [1.54, 1.807) is 30.3 Å². The van der Waals surface area contributed by atoms with Crippen molar-refractivity contribution in [2.45, 2.75) is 29.2 Å². The maximum absolute atomic E-state index is 13.5. The fourth-order valence-electron chi connectivity index (χ4n) is 3.23. The van der Waals surface area contributed by atoms with Gasteiger partial charge in [-0.05, 0) is 54.6 Å². The lowest BCUT2D eigenvalue weighted by molar-refractivity contribution is -0.122. The molecule has 2 aromatic carbocycles. The molecule has 2 heterocycles. The number of aryl methyl sites for hydroxylation is 1. The molecule has 1 aliphatic heterocycles. The van der Waals surface area contributed by atoms with Gasteiger partial charge < -0.3 is 9.47 Å². The number of benzene rings is 2. The summed E-state index contributed by atoms with van der Waals surface area (Å²) in [6.45, 7) is 3.67. The first-order valence-corrected chi connectivity index (χ1v) is 13.3. The van der Waals surface area contributed by atoms with Crippen molar-refractivity contribution in [3.63, 3.8) is 0 Å². The Balaban J connectivity index is 1.64. The summed E-state index contributed by atoms with van der Waals surface area (Å²) >= 11 is 2.77. The Kier molecular flexibility index (Phi) is 6.77. The summed E-state index contributed by atoms with van der Waals surface area (Å²) in [6, 6.07) is 11.3. The van der Waals surface area contributed by atoms with E-state index in [4.69, 9.17) is 9.47 Å². The molecule has 4 rings (SSSR count). The van der Waals surface area contributed by atoms with Gasteiger partial charge in [-0.3, -0.25) is 14.4 Å². The second kappa shape index (κ2) is 9.57. The zero-order valence-corrected chi connectivity index (χ0v) is 20.6. The number of hydrogen-bond acceptors (Lipinski definition) is 9. The SMILES string of the molecule is CCSc1nnc(NC(=O)[C@H]2CN(S(=O)(=O)c3ccc(OC)cc3)c3cc(C)ccc3O2)s1. The van der Waals surface area contributed by atoms with Crippen molar-refractivity contribution in [1.29, 1.82) is 0 Å². The van der Waals surface area contributed by atoms with Gasteiger partial charge in [-0.25, -0.2) is 8.42 Å². The van der Waals surface area contributed by atoms with Gasteiger partial charge >= 0.3 is 0 Å². The van der Waals surface area contributed by atoms with Crippen molar-refractivity contribution in [3.8, 4) is 11.5 Å². The highest BCUT2D eigenvalue weighted by atomic mass is 32.2. The van der Waals surface area contributed by atoms with Gasteiger partial charge in [0, 0.05) is 0 Å². The van der Waals surface area contributed by atoms with Crippen LogP contribution >= 0.6 is 23.1 Å². The van der Waals surface area contributed by atoms with Gasteiger partial charge in [0.2, 0.25) is 5.13 Å². The van der Waals surface area contributed by atoms with Crippen LogP contribution < -0.4 is 19.1 Å². The molecule has 12 heteroatoms. The highest BCUT2D eigenvalue weighted by Gasteiger charge is 2.38. The fourth-order valence-corrected chi connectivity index (χ4v) is 6.35. The predicted molar refractivity (Wildman–Crippen MR) is 128 cm³/mol. The van der Waals surface area contributed by atoms with E-state index < -0.39 is 22.0 Å². The van der Waals surface area contributed by atoms with Crippen molar-refractivity contribution in [2.75, 3.05) is 29.0 Å². The lowest BCUT2D eigenvalue weighted by atomic mass is 10.1. The molecule has 0 spiro atoms. The number of methoxy groups -OCH3 is 1. The van der Waals surface area contributed by atoms with Crippen LogP contribution in [-0.2, 0) is 14.8 Å². The van der Waals surface area contributed by atoms with Crippen LogP contribution in [0, 0.1) is 6.92 Å². The molecule has 1 atom stereocenters. The first-order valence-electron chi connectivity index (χ1n) is 10.0. The Morgan fingerprint density at radius 3 is 2.73 bits per heavy atom. The summed E-state index contributed by atoms with van der Waals surface area (Å²) in [6.07, 6.45) is -1.07. The zero-order valence-electron chi connectivity index (χ0n) is 18.1. The molecule has 9 nitrogen and oxygen atoms in total. The van der Waals surface area contributed by atoms with Gasteiger partial charge in [-0.2, -0.15) is 0 Å². The maximum atomic E-state index is 13.5. The normalized spacial score (nSPS) is 15.5. The molecule has 0 unspecified atom stereocenters. The summed E-state index contributed by atoms with van der Waals surface area (Å²) < 4.78 is 40.0. The molecule has 1 amide bonds. The van der Waals surface area contributed by atoms with Gasteiger partial charge in [0.05, 0.1) is 24.2 Å². The second-order valence-electron chi connectivity index (χ2n) is 7.08. The standard InChI is InChI=1S/C21H22N4O5S3/c1-4-31-21-24-23-20(32-21)22-19(26)18-12-25(16-11-13(2)5-10-17(16)30-18)33(27,28)15-8-6-14(29-3)7-9-15/h5-11,18H,4,12H2,1-3H3,(H,22,23,26)/t18-/m1/s1. The minimum Gasteiger partial charge on any atom is -0.497 e. The largest absolute Gasteiger partial charge is 0.497 e. The summed E-state index contributed by atoms with van der Waals surface area (Å²) in [7, 11) is -2.46. The minimum atomic E-state index is -3.97. The first-order chi connectivity index (χ1) is 15.8. The molecule has 0 radical (unpaired) electrons. The summed E-state index contributed by atoms with van der Waals surface area (Å²) in [5.41, 5.74) is 1.25. The number of carbonyl (C=O) groups excluding carboxylic acids is 1. The van der Waals surface area contributed by atoms with Gasteiger partial charge in [-0.15, -0.1) is 10.2 Å². The predicted octanol–water partition coefficient (Wildman–Crippen LogP) is 3.56. The van der Waals surface area contributed by atoms with Crippen molar-refractivity contribution in [2.24, 2.45) is 0 Å². The molecule has 0 saturated heterocycles. The van der Waals surface area contributed by atoms with Gasteiger partial charge in [0.1, 0.15) is 11.5 Å². The third-order valence-corrected chi connectivity index (χ3v) is 8.48. The van der Waals surface area contributed by atoms with E-state index in [0.717, 1.165) is 15.7 Å². The minimum absolute atomic E-state index is 0.0853. The van der Waals surface area contributed by atoms with Crippen LogP contribution in [0.25, 0.3) is 0 Å². The molecule has 0 fully saturated rings. The van der Waals surface area contributed by atoms with Crippen LogP contribution in [0.3, 0.4) is 0 Å². The van der Waals surface area contributed by atoms with E-state index in [9.17, 15) is 13.2 Å². The van der Waals surface area contributed by atoms with Crippen molar-refractivity contribution >= 4 is 49.8 Å². The molecular weight excluding hydrogens is 484 g/mol. The number of ether oxygens (including phenoxy) is 2. The van der Waals surface area contributed by atoms with Gasteiger partial charge in [0.15, 0.2) is 10.4 Å². The van der Waals surface area contributed by atoms with E-state index in [1.165, 1.54) is 46.6 Å². The van der Waals surface area contributed by atoms with Crippen LogP contribution in [0.4, 0.5) is 10.8 Å². The number of aromatic nitrogens is 2. The van der Waals surface area contributed by atoms with Crippen LogP contribution in [0.15, 0.2) is 51.7 Å². The van der Waals surface area contributed by atoms with Crippen LogP contribution in [0.2, 0.25) is 0 Å². The lowest BCUT2D eigenvalue weighted by Gasteiger charge is -2.34. The van der Waals surface area contributed by atoms with E-state index in [1.807, 2.05) is 13.8 Å². The summed E-state index contributed by atoms with van der Waals surface area (Å²) in [4.78, 5) is 13.0. The Hall–Kier alpha value is -2.83. The molecule has 1 aromatic heterocycles. The van der Waals surface area contributed by atoms with Gasteiger partial charge in [-0.1, -0.05) is 36.1 Å². The van der Waals surface area contributed by atoms with Crippen molar-refractivity contribution < 1.29 is 22.7 Å². The molecule has 3 aromatic rings. The smallest absolute Gasteiger partial charge is 0.269 e. The van der Waals surface area contributed by atoms with E-state index in [2.05, 4.69) is 15.5 Å². The number of sulfonamides is 1. The topological polar surface area (TPSA) is 111 Å². The highest BCUT2D eigenvalue weighted by Crippen LogP contribution is 2.38. The molecule has 33 heavy (non-hydrogen) atoms. The van der Waals surface area contributed by atoms with E-state index in [0.29, 0.717) is 22.3 Å². The number of hydrogen-bond donors (Lipinski definition) is 1. The number of rotatable bonds is 7. The number of nitrogens with one attached hydrogen (secondary N) is 1. The number of nitrogens with zero attached hydrogens (tertiary/aromatic N) is 3. The fraction of sp³-hybridized carbons (Fsp3) is 0.286.